The predicted molar refractivity (Wildman–Crippen MR) is 130 cm³/mol. The average molecular weight is 450 g/mol. The summed E-state index contributed by atoms with van der Waals surface area (Å²) < 4.78 is 4.95. The molecule has 34 heavy (non-hydrogen) atoms. The Morgan fingerprint density at radius 3 is 2.35 bits per heavy atom. The van der Waals surface area contributed by atoms with E-state index in [1.165, 1.54) is 22.3 Å². The van der Waals surface area contributed by atoms with Gasteiger partial charge in [-0.3, -0.25) is 4.79 Å². The number of aromatic nitrogens is 3. The SMILES string of the molecule is O=COCC1c2ccccc2-c2ccccc21.On1nnc2cccc(C3=CC=CC=CN3)c21. The first-order valence-corrected chi connectivity index (χ1v) is 10.9. The molecule has 0 bridgehead atoms. The first-order valence-electron chi connectivity index (χ1n) is 10.9. The second-order valence-corrected chi connectivity index (χ2v) is 7.78. The highest BCUT2D eigenvalue weighted by Crippen LogP contribution is 2.44. The van der Waals surface area contributed by atoms with Crippen LogP contribution in [-0.4, -0.2) is 33.4 Å². The molecular weight excluding hydrogens is 428 g/mol. The van der Waals surface area contributed by atoms with E-state index in [0.29, 0.717) is 24.1 Å². The van der Waals surface area contributed by atoms with Crippen molar-refractivity contribution in [2.45, 2.75) is 5.92 Å². The number of nitrogens with one attached hydrogen (secondary N) is 1. The number of para-hydroxylation sites is 1. The van der Waals surface area contributed by atoms with E-state index in [1.54, 1.807) is 0 Å². The van der Waals surface area contributed by atoms with Crippen LogP contribution >= 0.6 is 0 Å². The number of nitrogens with zero attached hydrogens (tertiary/aromatic N) is 3. The summed E-state index contributed by atoms with van der Waals surface area (Å²) in [5.41, 5.74) is 7.99. The van der Waals surface area contributed by atoms with Crippen molar-refractivity contribution in [3.63, 3.8) is 0 Å². The van der Waals surface area contributed by atoms with Gasteiger partial charge in [0.2, 0.25) is 0 Å². The van der Waals surface area contributed by atoms with Crippen LogP contribution < -0.4 is 5.32 Å². The molecule has 0 radical (unpaired) electrons. The van der Waals surface area contributed by atoms with Gasteiger partial charge >= 0.3 is 0 Å². The van der Waals surface area contributed by atoms with Crippen molar-refractivity contribution in [2.75, 3.05) is 6.61 Å². The molecule has 1 aliphatic heterocycles. The smallest absolute Gasteiger partial charge is 0.293 e. The molecule has 168 valence electrons. The molecule has 3 aromatic carbocycles. The Morgan fingerprint density at radius 2 is 1.62 bits per heavy atom. The van der Waals surface area contributed by atoms with Crippen molar-refractivity contribution in [1.29, 1.82) is 0 Å². The van der Waals surface area contributed by atoms with E-state index in [-0.39, 0.29) is 5.92 Å². The molecule has 0 saturated heterocycles. The average Bonchev–Trinajstić information content (AvgIpc) is 3.27. The van der Waals surface area contributed by atoms with Crippen LogP contribution in [-0.2, 0) is 9.53 Å². The Kier molecular flexibility index (Phi) is 5.90. The van der Waals surface area contributed by atoms with Gasteiger partial charge in [0.1, 0.15) is 17.6 Å². The van der Waals surface area contributed by atoms with Crippen molar-refractivity contribution >= 4 is 23.2 Å². The van der Waals surface area contributed by atoms with E-state index in [0.717, 1.165) is 16.1 Å². The number of allylic oxidation sites excluding steroid dienone is 4. The molecule has 1 aliphatic carbocycles. The van der Waals surface area contributed by atoms with Crippen molar-refractivity contribution in [1.82, 2.24) is 20.5 Å². The standard InChI is InChI=1S/C15H12O2.C12H10N4O/c16-10-17-9-15-13-7-3-1-5-11(13)12-6-2-4-8-14(12)15;17-16-12-9(5-4-7-11(12)14-15-16)10-6-2-1-3-8-13-10/h1-8,10,15H,9H2;1-8,13,17H. The summed E-state index contributed by atoms with van der Waals surface area (Å²) in [4.78, 5) is 11.2. The fraction of sp³-hybridized carbons (Fsp3) is 0.0741. The number of ether oxygens (including phenoxy) is 1. The van der Waals surface area contributed by atoms with Gasteiger partial charge in [0.15, 0.2) is 0 Å². The summed E-state index contributed by atoms with van der Waals surface area (Å²) in [7, 11) is 0. The van der Waals surface area contributed by atoms with E-state index in [4.69, 9.17) is 4.74 Å². The Bertz CT molecular complexity index is 1390. The molecule has 0 spiro atoms. The maximum Gasteiger partial charge on any atom is 0.293 e. The zero-order valence-corrected chi connectivity index (χ0v) is 18.2. The first-order chi connectivity index (χ1) is 16.8. The third kappa shape index (κ3) is 3.95. The molecular formula is C27H22N4O3. The zero-order valence-electron chi connectivity index (χ0n) is 18.2. The normalized spacial score (nSPS) is 13.7. The maximum absolute atomic E-state index is 10.4. The van der Waals surface area contributed by atoms with Gasteiger partial charge in [0, 0.05) is 23.4 Å². The molecule has 0 amide bonds. The van der Waals surface area contributed by atoms with Gasteiger partial charge in [-0.1, -0.05) is 77.7 Å². The zero-order chi connectivity index (χ0) is 23.3. The van der Waals surface area contributed by atoms with Crippen LogP contribution in [0.3, 0.4) is 0 Å². The maximum atomic E-state index is 10.4. The lowest BCUT2D eigenvalue weighted by Gasteiger charge is -2.11. The summed E-state index contributed by atoms with van der Waals surface area (Å²) in [6, 6.07) is 22.2. The van der Waals surface area contributed by atoms with Crippen molar-refractivity contribution in [3.05, 3.63) is 114 Å². The second-order valence-electron chi connectivity index (χ2n) is 7.78. The molecule has 1 aromatic heterocycles. The summed E-state index contributed by atoms with van der Waals surface area (Å²) in [6.45, 7) is 0.932. The number of benzene rings is 3. The first kappa shape index (κ1) is 21.2. The third-order valence-electron chi connectivity index (χ3n) is 5.86. The lowest BCUT2D eigenvalue weighted by molar-refractivity contribution is -0.128. The van der Waals surface area contributed by atoms with Crippen LogP contribution in [0.15, 0.2) is 97.2 Å². The molecule has 7 nitrogen and oxygen atoms in total. The lowest BCUT2D eigenvalue weighted by Crippen LogP contribution is -2.05. The Morgan fingerprint density at radius 1 is 0.912 bits per heavy atom. The molecule has 0 saturated carbocycles. The largest absolute Gasteiger partial charge is 0.467 e. The van der Waals surface area contributed by atoms with Gasteiger partial charge in [-0.15, -0.1) is 5.10 Å². The minimum Gasteiger partial charge on any atom is -0.467 e. The summed E-state index contributed by atoms with van der Waals surface area (Å²) in [6.07, 6.45) is 9.52. The van der Waals surface area contributed by atoms with Crippen LogP contribution in [0.2, 0.25) is 0 Å². The minimum atomic E-state index is 0.174. The van der Waals surface area contributed by atoms with Crippen LogP contribution in [0.4, 0.5) is 0 Å². The Balaban J connectivity index is 0.000000142. The molecule has 2 N–H and O–H groups in total. The lowest BCUT2D eigenvalue weighted by atomic mass is 9.98. The number of rotatable bonds is 4. The molecule has 2 heterocycles. The molecule has 6 rings (SSSR count). The van der Waals surface area contributed by atoms with Crippen molar-refractivity contribution in [3.8, 4) is 11.1 Å². The molecule has 0 fully saturated rings. The highest BCUT2D eigenvalue weighted by atomic mass is 16.5. The third-order valence-corrected chi connectivity index (χ3v) is 5.86. The summed E-state index contributed by atoms with van der Waals surface area (Å²) in [5.74, 6) is 0.174. The highest BCUT2D eigenvalue weighted by Gasteiger charge is 2.28. The van der Waals surface area contributed by atoms with Gasteiger partial charge < -0.3 is 15.3 Å². The van der Waals surface area contributed by atoms with E-state index < -0.39 is 0 Å². The number of carbonyl (C=O) groups is 1. The highest BCUT2D eigenvalue weighted by molar-refractivity contribution is 5.89. The van der Waals surface area contributed by atoms with Crippen LogP contribution in [0.25, 0.3) is 27.9 Å². The fourth-order valence-corrected chi connectivity index (χ4v) is 4.37. The number of fused-ring (bicyclic) bond motifs is 4. The van der Waals surface area contributed by atoms with Crippen LogP contribution in [0.5, 0.6) is 0 Å². The van der Waals surface area contributed by atoms with E-state index in [9.17, 15) is 10.0 Å². The van der Waals surface area contributed by atoms with Gasteiger partial charge in [-0.25, -0.2) is 0 Å². The van der Waals surface area contributed by atoms with E-state index in [2.05, 4.69) is 39.9 Å². The Labute approximate surface area is 196 Å². The summed E-state index contributed by atoms with van der Waals surface area (Å²) >= 11 is 0. The van der Waals surface area contributed by atoms with E-state index >= 15 is 0 Å². The Hall–Kier alpha value is -4.65. The molecule has 0 unspecified atom stereocenters. The fourth-order valence-electron chi connectivity index (χ4n) is 4.37. The number of hydrogen-bond donors (Lipinski definition) is 2. The van der Waals surface area contributed by atoms with Gasteiger partial charge in [0.25, 0.3) is 6.47 Å². The molecule has 7 heteroatoms. The van der Waals surface area contributed by atoms with Crippen molar-refractivity contribution in [2.24, 2.45) is 0 Å². The van der Waals surface area contributed by atoms with Crippen molar-refractivity contribution < 1.29 is 14.7 Å². The van der Waals surface area contributed by atoms with Crippen LogP contribution in [0.1, 0.15) is 22.6 Å². The quantitative estimate of drug-likeness (QED) is 0.347. The predicted octanol–water partition coefficient (Wildman–Crippen LogP) is 4.65. The topological polar surface area (TPSA) is 89.3 Å². The van der Waals surface area contributed by atoms with E-state index in [1.807, 2.05) is 73.0 Å². The monoisotopic (exact) mass is 450 g/mol. The van der Waals surface area contributed by atoms with Gasteiger partial charge in [0.05, 0.1) is 0 Å². The molecule has 4 aromatic rings. The minimum absolute atomic E-state index is 0.174. The molecule has 2 aliphatic rings. The molecule has 0 atom stereocenters. The summed E-state index contributed by atoms with van der Waals surface area (Å²) in [5, 5.41) is 20.3. The number of hydrogen-bond acceptors (Lipinski definition) is 6. The second kappa shape index (κ2) is 9.46. The van der Waals surface area contributed by atoms with Gasteiger partial charge in [-0.05, 0) is 45.7 Å². The number of carbonyl (C=O) groups excluding carboxylic acids is 1. The van der Waals surface area contributed by atoms with Gasteiger partial charge in [-0.2, -0.15) is 0 Å². The van der Waals surface area contributed by atoms with Crippen LogP contribution in [0, 0.1) is 0 Å².